The van der Waals surface area contributed by atoms with Gasteiger partial charge in [0, 0.05) is 29.5 Å². The number of rotatable bonds is 3. The van der Waals surface area contributed by atoms with Crippen molar-refractivity contribution in [2.45, 2.75) is 13.8 Å². The molecule has 2 heterocycles. The highest BCUT2D eigenvalue weighted by molar-refractivity contribution is 6.30. The summed E-state index contributed by atoms with van der Waals surface area (Å²) >= 11 is 5.84. The van der Waals surface area contributed by atoms with Gasteiger partial charge < -0.3 is 11.1 Å². The Morgan fingerprint density at radius 3 is 2.28 bits per heavy atom. The van der Waals surface area contributed by atoms with E-state index in [0.717, 1.165) is 5.69 Å². The second-order valence-corrected chi connectivity index (χ2v) is 4.82. The number of halogens is 2. The summed E-state index contributed by atoms with van der Waals surface area (Å²) in [5.74, 6) is 0.507. The van der Waals surface area contributed by atoms with Gasteiger partial charge in [-0.05, 0) is 43.4 Å². The maximum absolute atomic E-state index is 12.8. The maximum Gasteiger partial charge on any atom is 0.225 e. The van der Waals surface area contributed by atoms with E-state index in [4.69, 9.17) is 11.6 Å². The van der Waals surface area contributed by atoms with Crippen molar-refractivity contribution >= 4 is 23.2 Å². The van der Waals surface area contributed by atoms with Crippen molar-refractivity contribution in [2.24, 2.45) is 12.8 Å². The Morgan fingerprint density at radius 2 is 1.72 bits per heavy atom. The van der Waals surface area contributed by atoms with Crippen LogP contribution in [-0.2, 0) is 7.05 Å². The van der Waals surface area contributed by atoms with E-state index in [1.807, 2.05) is 26.0 Å². The third-order valence-corrected chi connectivity index (χ3v) is 3.10. The molecular weight excluding hydrogens is 343 g/mol. The zero-order valence-corrected chi connectivity index (χ0v) is 15.4. The van der Waals surface area contributed by atoms with E-state index in [1.165, 1.54) is 19.3 Å². The number of hydrogen-bond donors (Lipinski definition) is 2. The number of nitrogens with two attached hydrogens (primary N) is 1. The van der Waals surface area contributed by atoms with E-state index >= 15 is 0 Å². The fourth-order valence-corrected chi connectivity index (χ4v) is 1.91. The first-order valence-corrected chi connectivity index (χ1v) is 8.13. The van der Waals surface area contributed by atoms with Gasteiger partial charge in [-0.2, -0.15) is 9.37 Å². The van der Waals surface area contributed by atoms with E-state index in [0.29, 0.717) is 22.4 Å². The molecule has 0 saturated heterocycles. The van der Waals surface area contributed by atoms with Crippen molar-refractivity contribution in [3.63, 3.8) is 0 Å². The summed E-state index contributed by atoms with van der Waals surface area (Å²) in [6, 6.07) is 10.1. The average Bonchev–Trinajstić information content (AvgIpc) is 3.01. The fourth-order valence-electron chi connectivity index (χ4n) is 1.79. The van der Waals surface area contributed by atoms with Crippen LogP contribution in [0.1, 0.15) is 13.8 Å². The highest BCUT2D eigenvalue weighted by Gasteiger charge is 2.10. The summed E-state index contributed by atoms with van der Waals surface area (Å²) in [5, 5.41) is 8.08. The molecule has 0 radical (unpaired) electrons. The van der Waals surface area contributed by atoms with Crippen molar-refractivity contribution in [1.82, 2.24) is 19.7 Å². The molecule has 0 atom stereocenters. The Bertz CT molecular complexity index is 756. The SMILES string of the molecule is CC.CN.Cn1nc(-c2ccc(F)nc2)nc1Nc1ccc(Cl)cc1. The van der Waals surface area contributed by atoms with Crippen LogP contribution in [0.15, 0.2) is 42.6 Å². The van der Waals surface area contributed by atoms with Gasteiger partial charge in [0.2, 0.25) is 11.9 Å². The average molecular weight is 365 g/mol. The van der Waals surface area contributed by atoms with Crippen LogP contribution in [0.25, 0.3) is 11.4 Å². The molecule has 0 bridgehead atoms. The van der Waals surface area contributed by atoms with Crippen molar-refractivity contribution in [1.29, 1.82) is 0 Å². The lowest BCUT2D eigenvalue weighted by Gasteiger charge is -2.04. The Hall–Kier alpha value is -2.51. The second kappa shape index (κ2) is 10.4. The standard InChI is InChI=1S/C14H11ClFN5.C2H6.CH5N/c1-21-14(18-11-5-3-10(15)4-6-11)19-13(20-21)9-2-7-12(16)17-8-9;2*1-2/h2-8H,1H3,(H,18,19,20);1-2H3;2H2,1H3. The molecule has 6 nitrogen and oxygen atoms in total. The largest absolute Gasteiger partial charge is 0.333 e. The Labute approximate surface area is 151 Å². The fraction of sp³-hybridized carbons (Fsp3) is 0.235. The van der Waals surface area contributed by atoms with E-state index in [9.17, 15) is 4.39 Å². The topological polar surface area (TPSA) is 81.7 Å². The number of nitrogens with one attached hydrogen (secondary N) is 1. The Balaban J connectivity index is 0.000000730. The van der Waals surface area contributed by atoms with Gasteiger partial charge >= 0.3 is 0 Å². The Kier molecular flexibility index (Phi) is 8.52. The molecule has 3 aromatic rings. The van der Waals surface area contributed by atoms with E-state index in [2.05, 4.69) is 26.1 Å². The van der Waals surface area contributed by atoms with Crippen molar-refractivity contribution < 1.29 is 4.39 Å². The molecule has 0 spiro atoms. The molecule has 2 aromatic heterocycles. The van der Waals surface area contributed by atoms with E-state index < -0.39 is 5.95 Å². The number of aryl methyl sites for hydroxylation is 1. The first kappa shape index (κ1) is 20.5. The zero-order valence-electron chi connectivity index (χ0n) is 14.7. The summed E-state index contributed by atoms with van der Waals surface area (Å²) in [5.41, 5.74) is 6.00. The van der Waals surface area contributed by atoms with Crippen molar-refractivity contribution in [3.05, 3.63) is 53.6 Å². The van der Waals surface area contributed by atoms with Crippen LogP contribution in [0.2, 0.25) is 5.02 Å². The molecule has 0 aliphatic carbocycles. The normalized spacial score (nSPS) is 9.40. The number of aromatic nitrogens is 4. The quantitative estimate of drug-likeness (QED) is 0.686. The molecule has 25 heavy (non-hydrogen) atoms. The molecule has 3 N–H and O–H groups in total. The van der Waals surface area contributed by atoms with Gasteiger partial charge in [-0.15, -0.1) is 5.10 Å². The van der Waals surface area contributed by atoms with Crippen LogP contribution in [0.3, 0.4) is 0 Å². The summed E-state index contributed by atoms with van der Waals surface area (Å²) < 4.78 is 14.4. The van der Waals surface area contributed by atoms with Crippen LogP contribution >= 0.6 is 11.6 Å². The third-order valence-electron chi connectivity index (χ3n) is 2.85. The van der Waals surface area contributed by atoms with E-state index in [1.54, 1.807) is 29.9 Å². The van der Waals surface area contributed by atoms with Crippen molar-refractivity contribution in [3.8, 4) is 11.4 Å². The summed E-state index contributed by atoms with van der Waals surface area (Å²) in [7, 11) is 3.27. The monoisotopic (exact) mass is 364 g/mol. The molecule has 0 saturated carbocycles. The van der Waals surface area contributed by atoms with Gasteiger partial charge in [-0.25, -0.2) is 9.67 Å². The van der Waals surface area contributed by atoms with E-state index in [-0.39, 0.29) is 0 Å². The summed E-state index contributed by atoms with van der Waals surface area (Å²) in [6.07, 6.45) is 1.40. The lowest BCUT2D eigenvalue weighted by atomic mass is 10.3. The number of nitrogens with zero attached hydrogens (tertiary/aromatic N) is 4. The summed E-state index contributed by atoms with van der Waals surface area (Å²) in [6.45, 7) is 4.00. The predicted molar refractivity (Wildman–Crippen MR) is 100 cm³/mol. The maximum atomic E-state index is 12.8. The second-order valence-electron chi connectivity index (χ2n) is 4.38. The molecule has 1 aromatic carbocycles. The molecule has 0 amide bonds. The lowest BCUT2D eigenvalue weighted by Crippen LogP contribution is -1.99. The first-order valence-electron chi connectivity index (χ1n) is 7.75. The molecule has 0 fully saturated rings. The number of anilines is 2. The molecule has 0 aliphatic rings. The minimum atomic E-state index is -0.533. The van der Waals surface area contributed by atoms with Gasteiger partial charge in [0.05, 0.1) is 0 Å². The molecule has 0 unspecified atom stereocenters. The number of hydrogen-bond acceptors (Lipinski definition) is 5. The smallest absolute Gasteiger partial charge is 0.225 e. The van der Waals surface area contributed by atoms with Gasteiger partial charge in [0.15, 0.2) is 5.82 Å². The first-order chi connectivity index (χ1) is 12.1. The molecule has 134 valence electrons. The third kappa shape index (κ3) is 5.81. The Morgan fingerprint density at radius 1 is 1.08 bits per heavy atom. The van der Waals surface area contributed by atoms with Crippen LogP contribution in [-0.4, -0.2) is 26.8 Å². The van der Waals surface area contributed by atoms with Gasteiger partial charge in [0.1, 0.15) is 0 Å². The van der Waals surface area contributed by atoms with Crippen molar-refractivity contribution in [2.75, 3.05) is 12.4 Å². The van der Waals surface area contributed by atoms with Gasteiger partial charge in [0.25, 0.3) is 0 Å². The highest BCUT2D eigenvalue weighted by Crippen LogP contribution is 2.20. The van der Waals surface area contributed by atoms with Crippen LogP contribution in [0, 0.1) is 5.95 Å². The van der Waals surface area contributed by atoms with Crippen LogP contribution in [0.4, 0.5) is 16.0 Å². The molecule has 0 aliphatic heterocycles. The highest BCUT2D eigenvalue weighted by atomic mass is 35.5. The number of benzene rings is 1. The molecular formula is C17H22ClFN6. The van der Waals surface area contributed by atoms with Gasteiger partial charge in [-0.3, -0.25) is 0 Å². The minimum absolute atomic E-state index is 0.474. The lowest BCUT2D eigenvalue weighted by molar-refractivity contribution is 0.584. The van der Waals surface area contributed by atoms with Gasteiger partial charge in [-0.1, -0.05) is 25.4 Å². The van der Waals surface area contributed by atoms with Crippen LogP contribution < -0.4 is 11.1 Å². The predicted octanol–water partition coefficient (Wildman–Crippen LogP) is 4.01. The molecule has 8 heteroatoms. The zero-order chi connectivity index (χ0) is 18.8. The molecule has 3 rings (SSSR count). The van der Waals surface area contributed by atoms with Crippen LogP contribution in [0.5, 0.6) is 0 Å². The summed E-state index contributed by atoms with van der Waals surface area (Å²) in [4.78, 5) is 7.97. The number of pyridine rings is 1. The minimum Gasteiger partial charge on any atom is -0.333 e.